The maximum atomic E-state index is 12.2. The Bertz CT molecular complexity index is 617. The van der Waals surface area contributed by atoms with E-state index >= 15 is 0 Å². The Morgan fingerprint density at radius 3 is 2.24 bits per heavy atom. The number of nitrogens with zero attached hydrogens (tertiary/aromatic N) is 1. The molecule has 0 aliphatic carbocycles. The highest BCUT2D eigenvalue weighted by Crippen LogP contribution is 2.19. The first-order chi connectivity index (χ1) is 9.95. The lowest BCUT2D eigenvalue weighted by Crippen LogP contribution is -2.31. The van der Waals surface area contributed by atoms with Crippen LogP contribution in [0.25, 0.3) is 0 Å². The van der Waals surface area contributed by atoms with Crippen molar-refractivity contribution in [2.45, 2.75) is 13.8 Å². The van der Waals surface area contributed by atoms with Crippen LogP contribution in [0.2, 0.25) is 0 Å². The molecule has 0 N–H and O–H groups in total. The highest BCUT2D eigenvalue weighted by molar-refractivity contribution is 9.10. The first kappa shape index (κ1) is 15.6. The minimum Gasteiger partial charge on any atom is -0.484 e. The number of likely N-dealkylation sites (N-methyl/N-ethyl adjacent to an activating group) is 1. The smallest absolute Gasteiger partial charge is 0.264 e. The van der Waals surface area contributed by atoms with Crippen LogP contribution in [0.5, 0.6) is 5.75 Å². The van der Waals surface area contributed by atoms with E-state index < -0.39 is 0 Å². The standard InChI is InChI=1S/C17H18BrNO2/c1-12-8-13(2)10-15(9-12)19(3)17(20)11-21-16-6-4-14(18)5-7-16/h4-10H,11H2,1-3H3. The summed E-state index contributed by atoms with van der Waals surface area (Å²) in [7, 11) is 1.77. The van der Waals surface area contributed by atoms with Gasteiger partial charge in [-0.2, -0.15) is 0 Å². The summed E-state index contributed by atoms with van der Waals surface area (Å²) in [5.41, 5.74) is 3.16. The number of carbonyl (C=O) groups excluding carboxylic acids is 1. The molecule has 110 valence electrons. The summed E-state index contributed by atoms with van der Waals surface area (Å²) in [6, 6.07) is 13.5. The zero-order valence-electron chi connectivity index (χ0n) is 12.4. The van der Waals surface area contributed by atoms with Crippen LogP contribution in [0.15, 0.2) is 46.9 Å². The van der Waals surface area contributed by atoms with Crippen LogP contribution in [0.4, 0.5) is 5.69 Å². The Labute approximate surface area is 133 Å². The zero-order valence-corrected chi connectivity index (χ0v) is 14.0. The largest absolute Gasteiger partial charge is 0.484 e. The molecule has 2 aromatic carbocycles. The molecule has 0 aliphatic heterocycles. The quantitative estimate of drug-likeness (QED) is 0.832. The monoisotopic (exact) mass is 347 g/mol. The number of rotatable bonds is 4. The molecular formula is C17H18BrNO2. The van der Waals surface area contributed by atoms with Gasteiger partial charge in [-0.05, 0) is 61.4 Å². The van der Waals surface area contributed by atoms with Crippen molar-refractivity contribution in [3.05, 3.63) is 58.1 Å². The second kappa shape index (κ2) is 6.76. The number of carbonyl (C=O) groups is 1. The molecule has 21 heavy (non-hydrogen) atoms. The van der Waals surface area contributed by atoms with Crippen molar-refractivity contribution in [1.82, 2.24) is 0 Å². The zero-order chi connectivity index (χ0) is 15.4. The molecule has 0 bridgehead atoms. The molecule has 0 heterocycles. The molecule has 4 heteroatoms. The van der Waals surface area contributed by atoms with Crippen LogP contribution in [0, 0.1) is 13.8 Å². The first-order valence-electron chi connectivity index (χ1n) is 6.69. The summed E-state index contributed by atoms with van der Waals surface area (Å²) in [6.07, 6.45) is 0. The van der Waals surface area contributed by atoms with E-state index in [4.69, 9.17) is 4.74 Å². The van der Waals surface area contributed by atoms with Crippen molar-refractivity contribution in [2.24, 2.45) is 0 Å². The lowest BCUT2D eigenvalue weighted by atomic mass is 10.1. The van der Waals surface area contributed by atoms with Crippen LogP contribution >= 0.6 is 15.9 Å². The summed E-state index contributed by atoms with van der Waals surface area (Å²) in [6.45, 7) is 4.06. The lowest BCUT2D eigenvalue weighted by Gasteiger charge is -2.19. The summed E-state index contributed by atoms with van der Waals surface area (Å²) < 4.78 is 6.49. The molecular weight excluding hydrogens is 330 g/mol. The third-order valence-corrected chi connectivity index (χ3v) is 3.67. The van der Waals surface area contributed by atoms with Gasteiger partial charge in [0.1, 0.15) is 5.75 Å². The van der Waals surface area contributed by atoms with E-state index in [1.807, 2.05) is 50.2 Å². The fourth-order valence-electron chi connectivity index (χ4n) is 2.06. The van der Waals surface area contributed by atoms with Gasteiger partial charge in [0.15, 0.2) is 6.61 Å². The fraction of sp³-hybridized carbons (Fsp3) is 0.235. The van der Waals surface area contributed by atoms with Crippen LogP contribution in [0.3, 0.4) is 0 Å². The first-order valence-corrected chi connectivity index (χ1v) is 7.48. The summed E-state index contributed by atoms with van der Waals surface area (Å²) in [5, 5.41) is 0. The Kier molecular flexibility index (Phi) is 5.02. The normalized spacial score (nSPS) is 10.3. The minimum absolute atomic E-state index is 0.0190. The van der Waals surface area contributed by atoms with E-state index in [2.05, 4.69) is 22.0 Å². The Hall–Kier alpha value is -1.81. The average molecular weight is 348 g/mol. The Morgan fingerprint density at radius 1 is 1.10 bits per heavy atom. The van der Waals surface area contributed by atoms with Gasteiger partial charge in [0.25, 0.3) is 5.91 Å². The second-order valence-electron chi connectivity index (χ2n) is 5.04. The van der Waals surface area contributed by atoms with E-state index in [0.717, 1.165) is 21.3 Å². The summed E-state index contributed by atoms with van der Waals surface area (Å²) >= 11 is 3.36. The molecule has 0 spiro atoms. The van der Waals surface area contributed by atoms with Crippen molar-refractivity contribution >= 4 is 27.5 Å². The predicted octanol–water partition coefficient (Wildman–Crippen LogP) is 4.11. The second-order valence-corrected chi connectivity index (χ2v) is 5.96. The van der Waals surface area contributed by atoms with E-state index in [-0.39, 0.29) is 12.5 Å². The van der Waals surface area contributed by atoms with Gasteiger partial charge in [0, 0.05) is 17.2 Å². The number of amides is 1. The highest BCUT2D eigenvalue weighted by atomic mass is 79.9. The van der Waals surface area contributed by atoms with E-state index in [1.54, 1.807) is 11.9 Å². The van der Waals surface area contributed by atoms with E-state index in [9.17, 15) is 4.79 Å². The van der Waals surface area contributed by atoms with Gasteiger partial charge in [-0.15, -0.1) is 0 Å². The molecule has 1 amide bonds. The van der Waals surface area contributed by atoms with Crippen molar-refractivity contribution in [3.8, 4) is 5.75 Å². The van der Waals surface area contributed by atoms with Crippen molar-refractivity contribution in [2.75, 3.05) is 18.6 Å². The van der Waals surface area contributed by atoms with Crippen LogP contribution < -0.4 is 9.64 Å². The molecule has 3 nitrogen and oxygen atoms in total. The third kappa shape index (κ3) is 4.33. The van der Waals surface area contributed by atoms with Crippen LogP contribution in [-0.2, 0) is 4.79 Å². The maximum Gasteiger partial charge on any atom is 0.264 e. The van der Waals surface area contributed by atoms with Gasteiger partial charge in [-0.1, -0.05) is 22.0 Å². The lowest BCUT2D eigenvalue weighted by molar-refractivity contribution is -0.120. The molecule has 0 aromatic heterocycles. The molecule has 0 saturated heterocycles. The Balaban J connectivity index is 2.00. The summed E-state index contributed by atoms with van der Waals surface area (Å²) in [4.78, 5) is 13.8. The van der Waals surface area contributed by atoms with Crippen LogP contribution in [-0.4, -0.2) is 19.6 Å². The van der Waals surface area contributed by atoms with Crippen molar-refractivity contribution < 1.29 is 9.53 Å². The van der Waals surface area contributed by atoms with Crippen LogP contribution in [0.1, 0.15) is 11.1 Å². The molecule has 0 atom stereocenters. The highest BCUT2D eigenvalue weighted by Gasteiger charge is 2.12. The van der Waals surface area contributed by atoms with Crippen molar-refractivity contribution in [3.63, 3.8) is 0 Å². The summed E-state index contributed by atoms with van der Waals surface area (Å²) in [5.74, 6) is 0.600. The molecule has 2 rings (SSSR count). The predicted molar refractivity (Wildman–Crippen MR) is 89.0 cm³/mol. The van der Waals surface area contributed by atoms with Gasteiger partial charge in [0.05, 0.1) is 0 Å². The maximum absolute atomic E-state index is 12.2. The number of anilines is 1. The number of benzene rings is 2. The molecule has 2 aromatic rings. The number of hydrogen-bond acceptors (Lipinski definition) is 2. The van der Waals surface area contributed by atoms with Gasteiger partial charge in [-0.25, -0.2) is 0 Å². The number of hydrogen-bond donors (Lipinski definition) is 0. The van der Waals surface area contributed by atoms with E-state index in [1.165, 1.54) is 0 Å². The van der Waals surface area contributed by atoms with Gasteiger partial charge < -0.3 is 9.64 Å². The van der Waals surface area contributed by atoms with Gasteiger partial charge in [0.2, 0.25) is 0 Å². The Morgan fingerprint density at radius 2 is 1.67 bits per heavy atom. The van der Waals surface area contributed by atoms with E-state index in [0.29, 0.717) is 5.75 Å². The fourth-order valence-corrected chi connectivity index (χ4v) is 2.33. The topological polar surface area (TPSA) is 29.5 Å². The molecule has 0 radical (unpaired) electrons. The van der Waals surface area contributed by atoms with Gasteiger partial charge >= 0.3 is 0 Å². The van der Waals surface area contributed by atoms with Crippen molar-refractivity contribution in [1.29, 1.82) is 0 Å². The number of ether oxygens (including phenoxy) is 1. The SMILES string of the molecule is Cc1cc(C)cc(N(C)C(=O)COc2ccc(Br)cc2)c1. The average Bonchev–Trinajstić information content (AvgIpc) is 2.44. The molecule has 0 fully saturated rings. The molecule has 0 unspecified atom stereocenters. The minimum atomic E-state index is -0.0806. The molecule has 0 aliphatic rings. The number of aryl methyl sites for hydroxylation is 2. The molecule has 0 saturated carbocycles. The third-order valence-electron chi connectivity index (χ3n) is 3.14. The number of halogens is 1. The van der Waals surface area contributed by atoms with Gasteiger partial charge in [-0.3, -0.25) is 4.79 Å².